The first-order valence-corrected chi connectivity index (χ1v) is 10.5. The van der Waals surface area contributed by atoms with E-state index in [1.807, 2.05) is 48.5 Å². The van der Waals surface area contributed by atoms with Crippen molar-refractivity contribution in [2.75, 3.05) is 28.4 Å². The van der Waals surface area contributed by atoms with Gasteiger partial charge in [-0.05, 0) is 53.3 Å². The minimum Gasteiger partial charge on any atom is -0.493 e. The largest absolute Gasteiger partial charge is 0.493 e. The molecule has 1 N–H and O–H groups in total. The van der Waals surface area contributed by atoms with Gasteiger partial charge < -0.3 is 28.8 Å². The Bertz CT molecular complexity index is 1090. The predicted molar refractivity (Wildman–Crippen MR) is 122 cm³/mol. The summed E-state index contributed by atoms with van der Waals surface area (Å²) in [6.07, 6.45) is 0.553. The van der Waals surface area contributed by atoms with E-state index in [2.05, 4.69) is 0 Å². The molecule has 0 aromatic heterocycles. The highest BCUT2D eigenvalue weighted by Gasteiger charge is 2.29. The zero-order valence-electron chi connectivity index (χ0n) is 18.8. The van der Waals surface area contributed by atoms with E-state index in [1.165, 1.54) is 0 Å². The molecule has 0 heterocycles. The van der Waals surface area contributed by atoms with Crippen LogP contribution in [0.1, 0.15) is 29.2 Å². The van der Waals surface area contributed by atoms with Crippen molar-refractivity contribution in [2.24, 2.45) is 0 Å². The van der Waals surface area contributed by atoms with Crippen LogP contribution in [0, 0.1) is 0 Å². The molecule has 4 rings (SSSR count). The lowest BCUT2D eigenvalue weighted by atomic mass is 9.93. The van der Waals surface area contributed by atoms with Crippen LogP contribution >= 0.6 is 0 Å². The number of benzene rings is 3. The first-order valence-electron chi connectivity index (χ1n) is 10.5. The number of aryl methyl sites for hydroxylation is 1. The molecular formula is C26H28O6. The number of methoxy groups -OCH3 is 4. The molecule has 0 saturated carbocycles. The molecule has 0 bridgehead atoms. The summed E-state index contributed by atoms with van der Waals surface area (Å²) in [7, 11) is 6.40. The number of hydrogen-bond donors (Lipinski definition) is 1. The van der Waals surface area contributed by atoms with Gasteiger partial charge in [-0.2, -0.15) is 0 Å². The number of hydrogen-bond acceptors (Lipinski definition) is 6. The van der Waals surface area contributed by atoms with Crippen LogP contribution in [0.5, 0.6) is 28.7 Å². The molecule has 3 aromatic rings. The molecular weight excluding hydrogens is 408 g/mol. The molecule has 0 radical (unpaired) electrons. The van der Waals surface area contributed by atoms with Crippen molar-refractivity contribution in [1.82, 2.24) is 0 Å². The van der Waals surface area contributed by atoms with Gasteiger partial charge in [-0.25, -0.2) is 0 Å². The normalized spacial score (nSPS) is 14.6. The van der Waals surface area contributed by atoms with Crippen LogP contribution in [0.3, 0.4) is 0 Å². The molecule has 3 aromatic carbocycles. The smallest absolute Gasteiger partial charge is 0.203 e. The van der Waals surface area contributed by atoms with Crippen molar-refractivity contribution in [2.45, 2.75) is 25.6 Å². The van der Waals surface area contributed by atoms with Crippen molar-refractivity contribution in [3.8, 4) is 39.9 Å². The summed E-state index contributed by atoms with van der Waals surface area (Å²) >= 11 is 0. The lowest BCUT2D eigenvalue weighted by Gasteiger charge is -2.21. The summed E-state index contributed by atoms with van der Waals surface area (Å²) in [6.45, 7) is 0.400. The van der Waals surface area contributed by atoms with Gasteiger partial charge in [0.1, 0.15) is 6.61 Å². The molecule has 1 aliphatic rings. The zero-order valence-corrected chi connectivity index (χ0v) is 18.8. The van der Waals surface area contributed by atoms with Gasteiger partial charge in [-0.1, -0.05) is 30.3 Å². The minimum absolute atomic E-state index is 0.400. The fourth-order valence-corrected chi connectivity index (χ4v) is 4.22. The third-order valence-corrected chi connectivity index (χ3v) is 5.80. The number of aliphatic hydroxyl groups is 1. The van der Waals surface area contributed by atoms with E-state index < -0.39 is 6.10 Å². The molecule has 1 aliphatic carbocycles. The van der Waals surface area contributed by atoms with Crippen LogP contribution in [0.15, 0.2) is 48.5 Å². The van der Waals surface area contributed by atoms with Crippen LogP contribution in [0.25, 0.3) is 11.1 Å². The molecule has 1 atom stereocenters. The Kier molecular flexibility index (Phi) is 6.42. The fraction of sp³-hybridized carbons (Fsp3) is 0.308. The van der Waals surface area contributed by atoms with Crippen LogP contribution in [0.2, 0.25) is 0 Å². The zero-order chi connectivity index (χ0) is 22.7. The second kappa shape index (κ2) is 9.40. The molecule has 6 nitrogen and oxygen atoms in total. The van der Waals surface area contributed by atoms with Gasteiger partial charge in [0.15, 0.2) is 23.0 Å². The van der Waals surface area contributed by atoms with Crippen molar-refractivity contribution < 1.29 is 28.8 Å². The number of ether oxygens (including phenoxy) is 5. The lowest BCUT2D eigenvalue weighted by molar-refractivity contribution is 0.168. The third kappa shape index (κ3) is 3.94. The minimum atomic E-state index is -0.663. The second-order valence-corrected chi connectivity index (χ2v) is 7.60. The van der Waals surface area contributed by atoms with Gasteiger partial charge in [0, 0.05) is 5.56 Å². The van der Waals surface area contributed by atoms with Gasteiger partial charge in [0.25, 0.3) is 0 Å². The summed E-state index contributed by atoms with van der Waals surface area (Å²) in [5, 5.41) is 11.0. The van der Waals surface area contributed by atoms with Crippen molar-refractivity contribution in [3.63, 3.8) is 0 Å². The number of aliphatic hydroxyl groups excluding tert-OH is 1. The molecule has 0 aliphatic heterocycles. The summed E-state index contributed by atoms with van der Waals surface area (Å²) in [5.74, 6) is 2.83. The van der Waals surface area contributed by atoms with Crippen LogP contribution in [-0.2, 0) is 13.0 Å². The Morgan fingerprint density at radius 3 is 2.19 bits per heavy atom. The van der Waals surface area contributed by atoms with Gasteiger partial charge >= 0.3 is 0 Å². The standard InChI is InChI=1S/C26H28O6/c1-28-21-14-19-18(13-22(21)32-15-16-8-6-5-7-9-16)20(27)11-10-17-12-23(29-2)25(30-3)26(31-4)24(17)19/h5-9,12-14,20,27H,10-11,15H2,1-4H3/t20-/m1/s1. The van der Waals surface area contributed by atoms with Crippen LogP contribution < -0.4 is 23.7 Å². The molecule has 0 unspecified atom stereocenters. The monoisotopic (exact) mass is 436 g/mol. The van der Waals surface area contributed by atoms with E-state index in [-0.39, 0.29) is 0 Å². The van der Waals surface area contributed by atoms with E-state index in [1.54, 1.807) is 28.4 Å². The Balaban J connectivity index is 1.86. The average molecular weight is 437 g/mol. The maximum atomic E-state index is 11.0. The molecule has 32 heavy (non-hydrogen) atoms. The average Bonchev–Trinajstić information content (AvgIpc) is 2.97. The van der Waals surface area contributed by atoms with Crippen molar-refractivity contribution in [3.05, 3.63) is 65.2 Å². The highest BCUT2D eigenvalue weighted by molar-refractivity contribution is 5.84. The third-order valence-electron chi connectivity index (χ3n) is 5.80. The lowest BCUT2D eigenvalue weighted by Crippen LogP contribution is -2.03. The van der Waals surface area contributed by atoms with Gasteiger partial charge in [-0.3, -0.25) is 0 Å². The first-order chi connectivity index (χ1) is 15.6. The van der Waals surface area contributed by atoms with Crippen LogP contribution in [0.4, 0.5) is 0 Å². The Hall–Kier alpha value is -3.38. The highest BCUT2D eigenvalue weighted by atomic mass is 16.5. The van der Waals surface area contributed by atoms with E-state index >= 15 is 0 Å². The highest BCUT2D eigenvalue weighted by Crippen LogP contribution is 2.52. The molecule has 0 amide bonds. The molecule has 0 fully saturated rings. The maximum absolute atomic E-state index is 11.0. The van der Waals surface area contributed by atoms with E-state index in [0.717, 1.165) is 27.8 Å². The number of fused-ring (bicyclic) bond motifs is 3. The SMILES string of the molecule is COc1cc2c(cc1OCc1ccccc1)[C@H](O)CCc1cc(OC)c(OC)c(OC)c1-2. The topological polar surface area (TPSA) is 66.4 Å². The van der Waals surface area contributed by atoms with E-state index in [4.69, 9.17) is 23.7 Å². The Labute approximate surface area is 188 Å². The van der Waals surface area contributed by atoms with E-state index in [9.17, 15) is 5.11 Å². The van der Waals surface area contributed by atoms with Crippen LogP contribution in [-0.4, -0.2) is 33.5 Å². The Morgan fingerprint density at radius 2 is 1.53 bits per heavy atom. The molecule has 6 heteroatoms. The van der Waals surface area contributed by atoms with E-state index in [0.29, 0.717) is 48.2 Å². The molecule has 0 saturated heterocycles. The van der Waals surface area contributed by atoms with Gasteiger partial charge in [0.05, 0.1) is 34.5 Å². The Morgan fingerprint density at radius 1 is 0.812 bits per heavy atom. The quantitative estimate of drug-likeness (QED) is 0.566. The van der Waals surface area contributed by atoms with Crippen molar-refractivity contribution in [1.29, 1.82) is 0 Å². The first kappa shape index (κ1) is 21.8. The number of rotatable bonds is 7. The van der Waals surface area contributed by atoms with Gasteiger partial charge in [0.2, 0.25) is 5.75 Å². The fourth-order valence-electron chi connectivity index (χ4n) is 4.22. The summed E-state index contributed by atoms with van der Waals surface area (Å²) in [6, 6.07) is 15.6. The van der Waals surface area contributed by atoms with Crippen molar-refractivity contribution >= 4 is 0 Å². The second-order valence-electron chi connectivity index (χ2n) is 7.60. The summed E-state index contributed by atoms with van der Waals surface area (Å²) in [4.78, 5) is 0. The molecule has 168 valence electrons. The van der Waals surface area contributed by atoms with Gasteiger partial charge in [-0.15, -0.1) is 0 Å². The summed E-state index contributed by atoms with van der Waals surface area (Å²) < 4.78 is 28.7. The maximum Gasteiger partial charge on any atom is 0.203 e. The molecule has 0 spiro atoms. The summed E-state index contributed by atoms with van der Waals surface area (Å²) in [5.41, 5.74) is 4.51. The predicted octanol–water partition coefficient (Wildman–Crippen LogP) is 4.95.